The van der Waals surface area contributed by atoms with Gasteiger partial charge in [-0.05, 0) is 30.3 Å². The molecule has 17 heavy (non-hydrogen) atoms. The zero-order chi connectivity index (χ0) is 12.5. The second-order valence-corrected chi connectivity index (χ2v) is 4.30. The highest BCUT2D eigenvalue weighted by atomic mass is 19.4. The Balaban J connectivity index is 2.37. The van der Waals surface area contributed by atoms with Crippen molar-refractivity contribution in [3.05, 3.63) is 34.9 Å². The molecule has 0 saturated carbocycles. The van der Waals surface area contributed by atoms with Gasteiger partial charge in [0.25, 0.3) is 0 Å². The Labute approximate surface area is 98.2 Å². The predicted octanol–water partition coefficient (Wildman–Crippen LogP) is 2.11. The third-order valence-electron chi connectivity index (χ3n) is 3.07. The Hall–Kier alpha value is -1.07. The van der Waals surface area contributed by atoms with Gasteiger partial charge in [0.15, 0.2) is 0 Å². The van der Waals surface area contributed by atoms with Crippen molar-refractivity contribution in [2.24, 2.45) is 0 Å². The number of halogens is 3. The number of rotatable bonds is 2. The number of hydrogen-bond acceptors (Lipinski definition) is 2. The van der Waals surface area contributed by atoms with E-state index in [1.54, 1.807) is 6.07 Å². The predicted molar refractivity (Wildman–Crippen MR) is 59.8 cm³/mol. The van der Waals surface area contributed by atoms with Gasteiger partial charge in [-0.3, -0.25) is 0 Å². The minimum atomic E-state index is -4.26. The summed E-state index contributed by atoms with van der Waals surface area (Å²) in [5, 5.41) is 6.23. The molecule has 2 rings (SSSR count). The molecule has 1 aromatic carbocycles. The molecule has 1 heterocycles. The molecule has 0 fully saturated rings. The summed E-state index contributed by atoms with van der Waals surface area (Å²) in [6, 6.07) is 4.02. The maximum atomic E-state index is 12.6. The lowest BCUT2D eigenvalue weighted by molar-refractivity contribution is -0.137. The summed E-state index contributed by atoms with van der Waals surface area (Å²) in [5.41, 5.74) is 1.22. The number of hydrogen-bond donors (Lipinski definition) is 2. The fourth-order valence-corrected chi connectivity index (χ4v) is 2.23. The van der Waals surface area contributed by atoms with Gasteiger partial charge < -0.3 is 10.6 Å². The first kappa shape index (κ1) is 12.4. The maximum Gasteiger partial charge on any atom is 0.416 e. The Bertz CT molecular complexity index is 401. The van der Waals surface area contributed by atoms with Crippen LogP contribution in [0.2, 0.25) is 0 Å². The van der Waals surface area contributed by atoms with E-state index in [0.29, 0.717) is 13.1 Å². The fourth-order valence-electron chi connectivity index (χ4n) is 2.23. The SMILES string of the molecule is CNCC1CNCc2ccc(C(F)(F)F)cc21. The van der Waals surface area contributed by atoms with Crippen LogP contribution in [0.3, 0.4) is 0 Å². The standard InChI is InChI=1S/C12H15F3N2/c1-16-5-9-7-17-6-8-2-3-10(4-11(8)9)12(13,14)15/h2-4,9,16-17H,5-7H2,1H3. The first-order chi connectivity index (χ1) is 8.02. The summed E-state index contributed by atoms with van der Waals surface area (Å²) in [6.07, 6.45) is -4.26. The van der Waals surface area contributed by atoms with E-state index in [1.807, 2.05) is 7.05 Å². The molecule has 1 aromatic rings. The van der Waals surface area contributed by atoms with Gasteiger partial charge in [0.1, 0.15) is 0 Å². The van der Waals surface area contributed by atoms with Gasteiger partial charge in [0.2, 0.25) is 0 Å². The minimum absolute atomic E-state index is 0.103. The van der Waals surface area contributed by atoms with Crippen LogP contribution in [0.1, 0.15) is 22.6 Å². The minimum Gasteiger partial charge on any atom is -0.319 e. The molecule has 1 atom stereocenters. The number of benzene rings is 1. The molecule has 94 valence electrons. The first-order valence-corrected chi connectivity index (χ1v) is 5.57. The van der Waals surface area contributed by atoms with E-state index in [2.05, 4.69) is 10.6 Å². The van der Waals surface area contributed by atoms with E-state index in [9.17, 15) is 13.2 Å². The second-order valence-electron chi connectivity index (χ2n) is 4.30. The van der Waals surface area contributed by atoms with Crippen LogP contribution in [0.25, 0.3) is 0 Å². The molecule has 0 aliphatic carbocycles. The van der Waals surface area contributed by atoms with Gasteiger partial charge in [-0.1, -0.05) is 6.07 Å². The molecule has 2 nitrogen and oxygen atoms in total. The van der Waals surface area contributed by atoms with Crippen LogP contribution in [0, 0.1) is 0 Å². The molecule has 5 heteroatoms. The van der Waals surface area contributed by atoms with Crippen molar-refractivity contribution >= 4 is 0 Å². The van der Waals surface area contributed by atoms with E-state index in [1.165, 1.54) is 6.07 Å². The molecular weight excluding hydrogens is 229 g/mol. The van der Waals surface area contributed by atoms with E-state index in [0.717, 1.165) is 23.7 Å². The Morgan fingerprint density at radius 3 is 2.82 bits per heavy atom. The van der Waals surface area contributed by atoms with Crippen LogP contribution in [0.4, 0.5) is 13.2 Å². The first-order valence-electron chi connectivity index (χ1n) is 5.57. The summed E-state index contributed by atoms with van der Waals surface area (Å²) in [7, 11) is 1.81. The summed E-state index contributed by atoms with van der Waals surface area (Å²) in [6.45, 7) is 2.05. The number of alkyl halides is 3. The van der Waals surface area contributed by atoms with Crippen LogP contribution in [0.5, 0.6) is 0 Å². The number of likely N-dealkylation sites (N-methyl/N-ethyl adjacent to an activating group) is 1. The number of fused-ring (bicyclic) bond motifs is 1. The molecule has 1 aliphatic heterocycles. The highest BCUT2D eigenvalue weighted by Gasteiger charge is 2.32. The van der Waals surface area contributed by atoms with Gasteiger partial charge in [-0.25, -0.2) is 0 Å². The van der Waals surface area contributed by atoms with E-state index >= 15 is 0 Å². The molecule has 0 radical (unpaired) electrons. The lowest BCUT2D eigenvalue weighted by Gasteiger charge is -2.27. The molecule has 1 unspecified atom stereocenters. The highest BCUT2D eigenvalue weighted by molar-refractivity contribution is 5.38. The smallest absolute Gasteiger partial charge is 0.319 e. The molecule has 2 N–H and O–H groups in total. The van der Waals surface area contributed by atoms with Gasteiger partial charge in [0, 0.05) is 25.6 Å². The van der Waals surface area contributed by atoms with Crippen molar-refractivity contribution in [3.63, 3.8) is 0 Å². The molecule has 0 saturated heterocycles. The molecule has 0 aromatic heterocycles. The second kappa shape index (κ2) is 4.66. The lowest BCUT2D eigenvalue weighted by atomic mass is 9.89. The van der Waals surface area contributed by atoms with Crippen LogP contribution < -0.4 is 10.6 Å². The summed E-state index contributed by atoms with van der Waals surface area (Å²) >= 11 is 0. The monoisotopic (exact) mass is 244 g/mol. The van der Waals surface area contributed by atoms with Crippen molar-refractivity contribution in [2.45, 2.75) is 18.6 Å². The van der Waals surface area contributed by atoms with Crippen molar-refractivity contribution in [1.82, 2.24) is 10.6 Å². The van der Waals surface area contributed by atoms with Crippen molar-refractivity contribution < 1.29 is 13.2 Å². The van der Waals surface area contributed by atoms with Crippen LogP contribution in [-0.2, 0) is 12.7 Å². The van der Waals surface area contributed by atoms with Gasteiger partial charge >= 0.3 is 6.18 Å². The maximum absolute atomic E-state index is 12.6. The molecule has 0 spiro atoms. The number of nitrogens with one attached hydrogen (secondary N) is 2. The quantitative estimate of drug-likeness (QED) is 0.832. The Morgan fingerprint density at radius 1 is 1.41 bits per heavy atom. The summed E-state index contributed by atoms with van der Waals surface area (Å²) in [5.74, 6) is 0.103. The van der Waals surface area contributed by atoms with Gasteiger partial charge in [0.05, 0.1) is 5.56 Å². The largest absolute Gasteiger partial charge is 0.416 e. The fraction of sp³-hybridized carbons (Fsp3) is 0.500. The molecule has 1 aliphatic rings. The van der Waals surface area contributed by atoms with Crippen molar-refractivity contribution in [1.29, 1.82) is 0 Å². The third-order valence-corrected chi connectivity index (χ3v) is 3.07. The molecular formula is C12H15F3N2. The van der Waals surface area contributed by atoms with Crippen LogP contribution in [-0.4, -0.2) is 20.1 Å². The lowest BCUT2D eigenvalue weighted by Crippen LogP contribution is -2.33. The molecule has 0 bridgehead atoms. The topological polar surface area (TPSA) is 24.1 Å². The van der Waals surface area contributed by atoms with E-state index in [-0.39, 0.29) is 5.92 Å². The zero-order valence-corrected chi connectivity index (χ0v) is 9.56. The Kier molecular flexibility index (Phi) is 3.40. The Morgan fingerprint density at radius 2 is 2.18 bits per heavy atom. The normalized spacial score (nSPS) is 20.1. The molecule has 0 amide bonds. The van der Waals surface area contributed by atoms with E-state index in [4.69, 9.17) is 0 Å². The van der Waals surface area contributed by atoms with Crippen LogP contribution >= 0.6 is 0 Å². The van der Waals surface area contributed by atoms with Crippen LogP contribution in [0.15, 0.2) is 18.2 Å². The van der Waals surface area contributed by atoms with Crippen molar-refractivity contribution in [3.8, 4) is 0 Å². The van der Waals surface area contributed by atoms with E-state index < -0.39 is 11.7 Å². The summed E-state index contributed by atoms with van der Waals surface area (Å²) in [4.78, 5) is 0. The van der Waals surface area contributed by atoms with Gasteiger partial charge in [-0.2, -0.15) is 13.2 Å². The zero-order valence-electron chi connectivity index (χ0n) is 9.56. The highest BCUT2D eigenvalue weighted by Crippen LogP contribution is 2.33. The average Bonchev–Trinajstić information content (AvgIpc) is 2.28. The van der Waals surface area contributed by atoms with Gasteiger partial charge in [-0.15, -0.1) is 0 Å². The summed E-state index contributed by atoms with van der Waals surface area (Å²) < 4.78 is 37.9. The average molecular weight is 244 g/mol. The third kappa shape index (κ3) is 2.61. The van der Waals surface area contributed by atoms with Crippen molar-refractivity contribution in [2.75, 3.05) is 20.1 Å².